The van der Waals surface area contributed by atoms with Crippen molar-refractivity contribution in [2.24, 2.45) is 0 Å². The fourth-order valence-corrected chi connectivity index (χ4v) is 1.72. The average molecular weight is 332 g/mol. The first-order valence-electron chi connectivity index (χ1n) is 6.07. The van der Waals surface area contributed by atoms with Gasteiger partial charge in [0.2, 0.25) is 0 Å². The highest BCUT2D eigenvalue weighted by atomic mass is 35.5. The zero-order chi connectivity index (χ0) is 13.7. The van der Waals surface area contributed by atoms with Crippen LogP contribution in [0, 0.1) is 0 Å². The SMILES string of the molecule is CNCCN(C)C(=O)c1cccc(-n2cncn2)c1.Cl.Cl. The smallest absolute Gasteiger partial charge is 0.253 e. The van der Waals surface area contributed by atoms with Gasteiger partial charge in [-0.2, -0.15) is 5.10 Å². The Kier molecular flexibility index (Phi) is 8.61. The number of nitrogens with one attached hydrogen (secondary N) is 1. The van der Waals surface area contributed by atoms with Crippen LogP contribution in [0.15, 0.2) is 36.9 Å². The number of carbonyl (C=O) groups excluding carboxylic acids is 1. The Labute approximate surface area is 136 Å². The topological polar surface area (TPSA) is 63.1 Å². The summed E-state index contributed by atoms with van der Waals surface area (Å²) >= 11 is 0. The Hall–Kier alpha value is -1.63. The van der Waals surface area contributed by atoms with E-state index in [0.29, 0.717) is 12.1 Å². The molecule has 0 unspecified atom stereocenters. The van der Waals surface area contributed by atoms with Gasteiger partial charge in [0.15, 0.2) is 0 Å². The first-order chi connectivity index (χ1) is 9.22. The number of aromatic nitrogens is 3. The normalized spacial score (nSPS) is 9.43. The minimum absolute atomic E-state index is 0. The van der Waals surface area contributed by atoms with Gasteiger partial charge in [0.25, 0.3) is 5.91 Å². The third-order valence-corrected chi connectivity index (χ3v) is 2.82. The van der Waals surface area contributed by atoms with Crippen molar-refractivity contribution in [2.45, 2.75) is 0 Å². The predicted octanol–water partition coefficient (Wildman–Crippen LogP) is 1.40. The summed E-state index contributed by atoms with van der Waals surface area (Å²) in [5, 5.41) is 7.07. The minimum Gasteiger partial charge on any atom is -0.340 e. The Balaban J connectivity index is 0.00000200. The van der Waals surface area contributed by atoms with Gasteiger partial charge in [0.05, 0.1) is 5.69 Å². The molecule has 6 nitrogen and oxygen atoms in total. The molecule has 0 aliphatic carbocycles. The molecule has 0 radical (unpaired) electrons. The van der Waals surface area contributed by atoms with E-state index in [1.165, 1.54) is 6.33 Å². The number of likely N-dealkylation sites (N-methyl/N-ethyl adjacent to an activating group) is 2. The van der Waals surface area contributed by atoms with E-state index in [4.69, 9.17) is 0 Å². The van der Waals surface area contributed by atoms with Gasteiger partial charge in [-0.05, 0) is 25.2 Å². The van der Waals surface area contributed by atoms with Crippen molar-refractivity contribution in [3.63, 3.8) is 0 Å². The molecule has 1 aromatic carbocycles. The Morgan fingerprint density at radius 1 is 1.38 bits per heavy atom. The lowest BCUT2D eigenvalue weighted by Crippen LogP contribution is -2.32. The zero-order valence-corrected chi connectivity index (χ0v) is 13.5. The summed E-state index contributed by atoms with van der Waals surface area (Å²) in [7, 11) is 3.66. The molecule has 0 spiro atoms. The second kappa shape index (κ2) is 9.33. The fourth-order valence-electron chi connectivity index (χ4n) is 1.72. The van der Waals surface area contributed by atoms with E-state index in [-0.39, 0.29) is 30.7 Å². The highest BCUT2D eigenvalue weighted by Crippen LogP contribution is 2.10. The van der Waals surface area contributed by atoms with Crippen LogP contribution in [0.2, 0.25) is 0 Å². The van der Waals surface area contributed by atoms with Crippen LogP contribution in [0.4, 0.5) is 0 Å². The van der Waals surface area contributed by atoms with E-state index in [0.717, 1.165) is 12.2 Å². The van der Waals surface area contributed by atoms with Crippen LogP contribution in [0.25, 0.3) is 5.69 Å². The van der Waals surface area contributed by atoms with Gasteiger partial charge in [-0.1, -0.05) is 6.07 Å². The first kappa shape index (κ1) is 19.4. The van der Waals surface area contributed by atoms with E-state index in [1.807, 2.05) is 25.2 Å². The molecule has 0 saturated carbocycles. The highest BCUT2D eigenvalue weighted by Gasteiger charge is 2.11. The number of hydrogen-bond donors (Lipinski definition) is 1. The first-order valence-corrected chi connectivity index (χ1v) is 6.07. The summed E-state index contributed by atoms with van der Waals surface area (Å²) in [4.78, 5) is 17.8. The molecule has 2 aromatic rings. The molecule has 0 aliphatic rings. The molecule has 0 saturated heterocycles. The van der Waals surface area contributed by atoms with Crippen LogP contribution in [0.1, 0.15) is 10.4 Å². The molecule has 116 valence electrons. The maximum absolute atomic E-state index is 12.2. The number of amides is 1. The molecule has 0 bridgehead atoms. The number of rotatable bonds is 5. The van der Waals surface area contributed by atoms with Gasteiger partial charge in [-0.3, -0.25) is 4.79 Å². The van der Waals surface area contributed by atoms with Crippen LogP contribution < -0.4 is 5.32 Å². The lowest BCUT2D eigenvalue weighted by atomic mass is 10.2. The van der Waals surface area contributed by atoms with Crippen LogP contribution in [-0.2, 0) is 0 Å². The van der Waals surface area contributed by atoms with E-state index in [1.54, 1.807) is 29.0 Å². The van der Waals surface area contributed by atoms with E-state index < -0.39 is 0 Å². The summed E-state index contributed by atoms with van der Waals surface area (Å²) < 4.78 is 1.63. The lowest BCUT2D eigenvalue weighted by Gasteiger charge is -2.17. The number of benzene rings is 1. The largest absolute Gasteiger partial charge is 0.340 e. The maximum atomic E-state index is 12.2. The van der Waals surface area contributed by atoms with Gasteiger partial charge >= 0.3 is 0 Å². The Bertz CT molecular complexity index is 547. The fraction of sp³-hybridized carbons (Fsp3) is 0.308. The molecule has 21 heavy (non-hydrogen) atoms. The molecule has 0 atom stereocenters. The van der Waals surface area contributed by atoms with Crippen molar-refractivity contribution in [3.05, 3.63) is 42.5 Å². The highest BCUT2D eigenvalue weighted by molar-refractivity contribution is 5.94. The molecule has 2 rings (SSSR count). The Morgan fingerprint density at radius 2 is 2.14 bits per heavy atom. The third-order valence-electron chi connectivity index (χ3n) is 2.82. The van der Waals surface area contributed by atoms with Crippen LogP contribution in [0.3, 0.4) is 0 Å². The van der Waals surface area contributed by atoms with Crippen LogP contribution in [0.5, 0.6) is 0 Å². The lowest BCUT2D eigenvalue weighted by molar-refractivity contribution is 0.0797. The second-order valence-corrected chi connectivity index (χ2v) is 4.22. The van der Waals surface area contributed by atoms with Crippen molar-refractivity contribution in [2.75, 3.05) is 27.2 Å². The summed E-state index contributed by atoms with van der Waals surface area (Å²) in [6.07, 6.45) is 3.07. The monoisotopic (exact) mass is 331 g/mol. The number of halogens is 2. The standard InChI is InChI=1S/C13H17N5O.2ClH/c1-14-6-7-17(2)13(19)11-4-3-5-12(8-11)18-10-15-9-16-18;;/h3-5,8-10,14H,6-7H2,1-2H3;2*1H. The van der Waals surface area contributed by atoms with E-state index >= 15 is 0 Å². The minimum atomic E-state index is -0.00258. The van der Waals surface area contributed by atoms with E-state index in [2.05, 4.69) is 15.4 Å². The molecule has 1 heterocycles. The van der Waals surface area contributed by atoms with Crippen LogP contribution in [-0.4, -0.2) is 52.8 Å². The number of nitrogens with zero attached hydrogens (tertiary/aromatic N) is 4. The van der Waals surface area contributed by atoms with Gasteiger partial charge < -0.3 is 10.2 Å². The number of carbonyl (C=O) groups is 1. The molecule has 1 N–H and O–H groups in total. The molecular weight excluding hydrogens is 313 g/mol. The predicted molar refractivity (Wildman–Crippen MR) is 86.7 cm³/mol. The average Bonchev–Trinajstić information content (AvgIpc) is 2.98. The van der Waals surface area contributed by atoms with Gasteiger partial charge in [-0.15, -0.1) is 24.8 Å². The molecule has 8 heteroatoms. The zero-order valence-electron chi connectivity index (χ0n) is 11.9. The molecular formula is C13H19Cl2N5O. The number of hydrogen-bond acceptors (Lipinski definition) is 4. The molecule has 0 fully saturated rings. The molecule has 1 aromatic heterocycles. The van der Waals surface area contributed by atoms with Crippen molar-refractivity contribution in [3.8, 4) is 5.69 Å². The van der Waals surface area contributed by atoms with Gasteiger partial charge in [-0.25, -0.2) is 9.67 Å². The summed E-state index contributed by atoms with van der Waals surface area (Å²) in [6, 6.07) is 7.35. The Morgan fingerprint density at radius 3 is 2.76 bits per heavy atom. The van der Waals surface area contributed by atoms with Crippen molar-refractivity contribution in [1.82, 2.24) is 25.0 Å². The summed E-state index contributed by atoms with van der Waals surface area (Å²) in [5.41, 5.74) is 1.47. The third kappa shape index (κ3) is 5.00. The molecule has 1 amide bonds. The van der Waals surface area contributed by atoms with Crippen molar-refractivity contribution >= 4 is 30.7 Å². The summed E-state index contributed by atoms with van der Waals surface area (Å²) in [6.45, 7) is 1.44. The molecule has 0 aliphatic heterocycles. The van der Waals surface area contributed by atoms with Crippen molar-refractivity contribution in [1.29, 1.82) is 0 Å². The summed E-state index contributed by atoms with van der Waals surface area (Å²) in [5.74, 6) is -0.00258. The van der Waals surface area contributed by atoms with E-state index in [9.17, 15) is 4.79 Å². The van der Waals surface area contributed by atoms with Crippen LogP contribution >= 0.6 is 24.8 Å². The van der Waals surface area contributed by atoms with Crippen molar-refractivity contribution < 1.29 is 4.79 Å². The maximum Gasteiger partial charge on any atom is 0.253 e. The van der Waals surface area contributed by atoms with Gasteiger partial charge in [0.1, 0.15) is 12.7 Å². The second-order valence-electron chi connectivity index (χ2n) is 4.22. The quantitative estimate of drug-likeness (QED) is 0.899. The van der Waals surface area contributed by atoms with Gasteiger partial charge in [0, 0.05) is 25.7 Å².